The summed E-state index contributed by atoms with van der Waals surface area (Å²) >= 11 is 0. The third-order valence-corrected chi connectivity index (χ3v) is 2.95. The Morgan fingerprint density at radius 1 is 1.33 bits per heavy atom. The third kappa shape index (κ3) is 2.90. The van der Waals surface area contributed by atoms with Gasteiger partial charge in [0, 0.05) is 37.0 Å². The van der Waals surface area contributed by atoms with Crippen LogP contribution in [0, 0.1) is 0 Å². The van der Waals surface area contributed by atoms with Crippen LogP contribution in [-0.2, 0) is 13.5 Å². The third-order valence-electron chi connectivity index (χ3n) is 2.95. The maximum Gasteiger partial charge on any atom is 0.124 e. The standard InChI is InChI=1S/C14H19N3O/c1-11(15)13-5-3-4-6-14(13)18-10-8-12-7-9-16-17(12)2/h3-7,9,11H,8,10,15H2,1-2H3/t11-/m0/s1. The number of aryl methyl sites for hydroxylation is 1. The summed E-state index contributed by atoms with van der Waals surface area (Å²) in [6.45, 7) is 2.59. The molecule has 18 heavy (non-hydrogen) atoms. The number of hydrogen-bond donors (Lipinski definition) is 1. The number of rotatable bonds is 5. The van der Waals surface area contributed by atoms with Gasteiger partial charge in [-0.05, 0) is 19.1 Å². The molecule has 0 aliphatic heterocycles. The Morgan fingerprint density at radius 2 is 2.11 bits per heavy atom. The highest BCUT2D eigenvalue weighted by atomic mass is 16.5. The summed E-state index contributed by atoms with van der Waals surface area (Å²) in [5.74, 6) is 0.870. The number of hydrogen-bond acceptors (Lipinski definition) is 3. The minimum Gasteiger partial charge on any atom is -0.493 e. The van der Waals surface area contributed by atoms with Crippen LogP contribution in [0.3, 0.4) is 0 Å². The number of para-hydroxylation sites is 1. The Kier molecular flexibility index (Phi) is 3.99. The molecular formula is C14H19N3O. The molecule has 2 N–H and O–H groups in total. The van der Waals surface area contributed by atoms with E-state index in [1.807, 2.05) is 49.0 Å². The Hall–Kier alpha value is -1.81. The molecule has 0 radical (unpaired) electrons. The van der Waals surface area contributed by atoms with Gasteiger partial charge in [-0.25, -0.2) is 0 Å². The second kappa shape index (κ2) is 5.69. The fourth-order valence-corrected chi connectivity index (χ4v) is 1.90. The average molecular weight is 245 g/mol. The van der Waals surface area contributed by atoms with Crippen LogP contribution in [0.15, 0.2) is 36.5 Å². The van der Waals surface area contributed by atoms with Crippen molar-refractivity contribution >= 4 is 0 Å². The van der Waals surface area contributed by atoms with Crippen LogP contribution in [0.4, 0.5) is 0 Å². The van der Waals surface area contributed by atoms with Crippen molar-refractivity contribution in [3.05, 3.63) is 47.8 Å². The molecule has 0 aliphatic carbocycles. The molecule has 0 saturated carbocycles. The normalized spacial score (nSPS) is 12.4. The average Bonchev–Trinajstić information content (AvgIpc) is 2.76. The number of ether oxygens (including phenoxy) is 1. The molecule has 1 aromatic heterocycles. The van der Waals surface area contributed by atoms with Crippen molar-refractivity contribution in [2.45, 2.75) is 19.4 Å². The van der Waals surface area contributed by atoms with Crippen molar-refractivity contribution in [2.24, 2.45) is 12.8 Å². The summed E-state index contributed by atoms with van der Waals surface area (Å²) in [6.07, 6.45) is 2.63. The highest BCUT2D eigenvalue weighted by Gasteiger charge is 2.07. The number of benzene rings is 1. The lowest BCUT2D eigenvalue weighted by Gasteiger charge is -2.13. The van der Waals surface area contributed by atoms with Crippen LogP contribution < -0.4 is 10.5 Å². The minimum absolute atomic E-state index is 0.0158. The first-order valence-corrected chi connectivity index (χ1v) is 6.12. The van der Waals surface area contributed by atoms with Gasteiger partial charge in [-0.15, -0.1) is 0 Å². The second-order valence-electron chi connectivity index (χ2n) is 4.37. The Balaban J connectivity index is 1.96. The monoisotopic (exact) mass is 245 g/mol. The molecule has 2 rings (SSSR count). The summed E-state index contributed by atoms with van der Waals surface area (Å²) < 4.78 is 7.67. The van der Waals surface area contributed by atoms with E-state index in [9.17, 15) is 0 Å². The van der Waals surface area contributed by atoms with E-state index in [0.717, 1.165) is 23.4 Å². The van der Waals surface area contributed by atoms with Crippen LogP contribution in [0.2, 0.25) is 0 Å². The Morgan fingerprint density at radius 3 is 2.78 bits per heavy atom. The van der Waals surface area contributed by atoms with E-state index in [1.54, 1.807) is 6.20 Å². The molecule has 0 amide bonds. The summed E-state index contributed by atoms with van der Waals surface area (Å²) in [4.78, 5) is 0. The fourth-order valence-electron chi connectivity index (χ4n) is 1.90. The van der Waals surface area contributed by atoms with Crippen LogP contribution in [0.1, 0.15) is 24.2 Å². The molecule has 0 fully saturated rings. The smallest absolute Gasteiger partial charge is 0.124 e. The summed E-state index contributed by atoms with van der Waals surface area (Å²) in [7, 11) is 1.94. The molecule has 0 spiro atoms. The van der Waals surface area contributed by atoms with Crippen molar-refractivity contribution in [1.29, 1.82) is 0 Å². The van der Waals surface area contributed by atoms with Crippen molar-refractivity contribution in [2.75, 3.05) is 6.61 Å². The largest absolute Gasteiger partial charge is 0.493 e. The molecule has 0 bridgehead atoms. The zero-order valence-corrected chi connectivity index (χ0v) is 10.8. The fraction of sp³-hybridized carbons (Fsp3) is 0.357. The van der Waals surface area contributed by atoms with Gasteiger partial charge in [-0.3, -0.25) is 4.68 Å². The molecule has 1 atom stereocenters. The summed E-state index contributed by atoms with van der Waals surface area (Å²) in [5, 5.41) is 4.13. The van der Waals surface area contributed by atoms with Gasteiger partial charge in [-0.2, -0.15) is 5.10 Å². The van der Waals surface area contributed by atoms with E-state index in [1.165, 1.54) is 0 Å². The predicted molar refractivity (Wildman–Crippen MR) is 71.5 cm³/mol. The maximum absolute atomic E-state index is 5.91. The van der Waals surface area contributed by atoms with Gasteiger partial charge in [0.1, 0.15) is 5.75 Å². The molecule has 4 nitrogen and oxygen atoms in total. The van der Waals surface area contributed by atoms with Gasteiger partial charge in [-0.1, -0.05) is 18.2 Å². The first-order chi connectivity index (χ1) is 8.68. The molecule has 96 valence electrons. The van der Waals surface area contributed by atoms with Gasteiger partial charge in [0.25, 0.3) is 0 Å². The number of aromatic nitrogens is 2. The number of nitrogens with zero attached hydrogens (tertiary/aromatic N) is 2. The van der Waals surface area contributed by atoms with E-state index in [0.29, 0.717) is 6.61 Å². The van der Waals surface area contributed by atoms with Crippen LogP contribution in [-0.4, -0.2) is 16.4 Å². The molecular weight excluding hydrogens is 226 g/mol. The Bertz CT molecular complexity index is 505. The highest BCUT2D eigenvalue weighted by molar-refractivity contribution is 5.35. The zero-order chi connectivity index (χ0) is 13.0. The van der Waals surface area contributed by atoms with E-state index < -0.39 is 0 Å². The highest BCUT2D eigenvalue weighted by Crippen LogP contribution is 2.23. The van der Waals surface area contributed by atoms with Crippen molar-refractivity contribution < 1.29 is 4.74 Å². The molecule has 4 heteroatoms. The van der Waals surface area contributed by atoms with Crippen molar-refractivity contribution in [1.82, 2.24) is 9.78 Å². The Labute approximate surface area is 107 Å². The van der Waals surface area contributed by atoms with E-state index >= 15 is 0 Å². The van der Waals surface area contributed by atoms with Crippen molar-refractivity contribution in [3.63, 3.8) is 0 Å². The lowest BCUT2D eigenvalue weighted by atomic mass is 10.1. The molecule has 0 aliphatic rings. The second-order valence-corrected chi connectivity index (χ2v) is 4.37. The maximum atomic E-state index is 5.91. The predicted octanol–water partition coefficient (Wildman–Crippen LogP) is 2.06. The summed E-state index contributed by atoms with van der Waals surface area (Å²) in [6, 6.07) is 9.89. The lowest BCUT2D eigenvalue weighted by molar-refractivity contribution is 0.313. The first kappa shape index (κ1) is 12.6. The van der Waals surface area contributed by atoms with E-state index in [4.69, 9.17) is 10.5 Å². The van der Waals surface area contributed by atoms with Gasteiger partial charge in [0.2, 0.25) is 0 Å². The van der Waals surface area contributed by atoms with Crippen molar-refractivity contribution in [3.8, 4) is 5.75 Å². The topological polar surface area (TPSA) is 53.1 Å². The molecule has 1 aromatic carbocycles. The van der Waals surface area contributed by atoms with E-state index in [-0.39, 0.29) is 6.04 Å². The summed E-state index contributed by atoms with van der Waals surface area (Å²) in [5.41, 5.74) is 8.12. The minimum atomic E-state index is -0.0158. The molecule has 0 unspecified atom stereocenters. The molecule has 2 aromatic rings. The number of nitrogens with two attached hydrogens (primary N) is 1. The lowest BCUT2D eigenvalue weighted by Crippen LogP contribution is -2.10. The van der Waals surface area contributed by atoms with Crippen LogP contribution in [0.25, 0.3) is 0 Å². The van der Waals surface area contributed by atoms with Gasteiger partial charge >= 0.3 is 0 Å². The van der Waals surface area contributed by atoms with E-state index in [2.05, 4.69) is 5.10 Å². The zero-order valence-electron chi connectivity index (χ0n) is 10.8. The molecule has 1 heterocycles. The van der Waals surface area contributed by atoms with Gasteiger partial charge in [0.05, 0.1) is 6.61 Å². The molecule has 0 saturated heterocycles. The quantitative estimate of drug-likeness (QED) is 0.877. The van der Waals surface area contributed by atoms with Crippen LogP contribution in [0.5, 0.6) is 5.75 Å². The van der Waals surface area contributed by atoms with Crippen LogP contribution >= 0.6 is 0 Å². The SMILES string of the molecule is C[C@H](N)c1ccccc1OCCc1ccnn1C. The van der Waals surface area contributed by atoms with Gasteiger partial charge < -0.3 is 10.5 Å². The first-order valence-electron chi connectivity index (χ1n) is 6.12. The van der Waals surface area contributed by atoms with Gasteiger partial charge in [0.15, 0.2) is 0 Å².